The molecule has 0 heterocycles. The Hall–Kier alpha value is -0.660. The Morgan fingerprint density at radius 2 is 0.833 bits per heavy atom. The Labute approximate surface area is 152 Å². The van der Waals surface area contributed by atoms with Gasteiger partial charge in [-0.05, 0) is 36.5 Å². The number of carbonyl (C=O) groups is 2. The van der Waals surface area contributed by atoms with Crippen molar-refractivity contribution >= 4 is 11.6 Å². The van der Waals surface area contributed by atoms with Gasteiger partial charge in [0.15, 0.2) is 0 Å². The molecule has 0 radical (unpaired) electrons. The van der Waals surface area contributed by atoms with E-state index in [0.29, 0.717) is 23.4 Å². The van der Waals surface area contributed by atoms with Crippen LogP contribution >= 0.6 is 0 Å². The van der Waals surface area contributed by atoms with Crippen LogP contribution in [0.3, 0.4) is 0 Å². The number of hydrogen-bond acceptors (Lipinski definition) is 2. The van der Waals surface area contributed by atoms with E-state index in [1.165, 1.54) is 12.8 Å². The Kier molecular flexibility index (Phi) is 16.9. The summed E-state index contributed by atoms with van der Waals surface area (Å²) in [6.45, 7) is 17.2. The lowest BCUT2D eigenvalue weighted by Crippen LogP contribution is -2.03. The fraction of sp³-hybridized carbons (Fsp3) is 0.909. The molecular formula is C22H44O2. The average molecular weight is 341 g/mol. The smallest absolute Gasteiger partial charge is 0.133 e. The highest BCUT2D eigenvalue weighted by atomic mass is 16.1. The molecule has 0 aliphatic heterocycles. The van der Waals surface area contributed by atoms with Crippen molar-refractivity contribution in [2.24, 2.45) is 23.7 Å². The molecule has 0 fully saturated rings. The number of rotatable bonds is 12. The summed E-state index contributed by atoms with van der Waals surface area (Å²) in [5.41, 5.74) is 0. The first-order chi connectivity index (χ1) is 11.0. The highest BCUT2D eigenvalue weighted by Gasteiger charge is 2.05. The van der Waals surface area contributed by atoms with Gasteiger partial charge in [-0.3, -0.25) is 9.59 Å². The van der Waals surface area contributed by atoms with E-state index in [4.69, 9.17) is 0 Å². The summed E-state index contributed by atoms with van der Waals surface area (Å²) in [4.78, 5) is 22.5. The van der Waals surface area contributed by atoms with Gasteiger partial charge in [-0.25, -0.2) is 0 Å². The van der Waals surface area contributed by atoms with Gasteiger partial charge in [-0.15, -0.1) is 0 Å². The van der Waals surface area contributed by atoms with Gasteiger partial charge in [-0.2, -0.15) is 0 Å². The van der Waals surface area contributed by atoms with E-state index in [1.807, 2.05) is 0 Å². The summed E-state index contributed by atoms with van der Waals surface area (Å²) in [6.07, 6.45) is 7.61. The molecule has 0 unspecified atom stereocenters. The van der Waals surface area contributed by atoms with Gasteiger partial charge >= 0.3 is 0 Å². The van der Waals surface area contributed by atoms with Crippen LogP contribution in [0.15, 0.2) is 0 Å². The van der Waals surface area contributed by atoms with E-state index in [-0.39, 0.29) is 0 Å². The van der Waals surface area contributed by atoms with E-state index < -0.39 is 0 Å². The molecule has 0 amide bonds. The first-order valence-corrected chi connectivity index (χ1v) is 10.1. The van der Waals surface area contributed by atoms with Crippen LogP contribution in [0, 0.1) is 23.7 Å². The molecule has 0 bridgehead atoms. The summed E-state index contributed by atoms with van der Waals surface area (Å²) >= 11 is 0. The van der Waals surface area contributed by atoms with Gasteiger partial charge < -0.3 is 0 Å². The fourth-order valence-corrected chi connectivity index (χ4v) is 2.53. The third-order valence-electron chi connectivity index (χ3n) is 3.75. The van der Waals surface area contributed by atoms with Crippen LogP contribution in [0.2, 0.25) is 0 Å². The molecule has 0 aromatic heterocycles. The topological polar surface area (TPSA) is 34.1 Å². The van der Waals surface area contributed by atoms with Crippen LogP contribution in [0.1, 0.15) is 107 Å². The first kappa shape index (κ1) is 25.6. The Morgan fingerprint density at radius 3 is 1.04 bits per heavy atom. The van der Waals surface area contributed by atoms with Crippen LogP contribution in [0.25, 0.3) is 0 Å². The lowest BCUT2D eigenvalue weighted by molar-refractivity contribution is -0.120. The van der Waals surface area contributed by atoms with Crippen molar-refractivity contribution in [3.63, 3.8) is 0 Å². The van der Waals surface area contributed by atoms with Crippen molar-refractivity contribution in [1.29, 1.82) is 0 Å². The standard InChI is InChI=1S/2C11H22O/c2*1-9(2)6-5-7-11(12)8-10(3)4/h2*9-10H,5-8H2,1-4H3. The molecule has 0 aliphatic rings. The molecule has 0 saturated carbocycles. The second-order valence-electron chi connectivity index (χ2n) is 8.85. The minimum atomic E-state index is 0.436. The van der Waals surface area contributed by atoms with E-state index >= 15 is 0 Å². The van der Waals surface area contributed by atoms with Gasteiger partial charge in [0, 0.05) is 25.7 Å². The van der Waals surface area contributed by atoms with Crippen LogP contribution in [-0.2, 0) is 9.59 Å². The number of ketones is 2. The van der Waals surface area contributed by atoms with Crippen LogP contribution < -0.4 is 0 Å². The van der Waals surface area contributed by atoms with Gasteiger partial charge in [0.1, 0.15) is 11.6 Å². The summed E-state index contributed by atoms with van der Waals surface area (Å²) in [6, 6.07) is 0. The Morgan fingerprint density at radius 1 is 0.542 bits per heavy atom. The second kappa shape index (κ2) is 15.8. The Balaban J connectivity index is 0. The third kappa shape index (κ3) is 23.6. The zero-order chi connectivity index (χ0) is 19.1. The maximum absolute atomic E-state index is 11.2. The van der Waals surface area contributed by atoms with Crippen LogP contribution in [0.5, 0.6) is 0 Å². The van der Waals surface area contributed by atoms with Crippen LogP contribution in [-0.4, -0.2) is 11.6 Å². The molecular weight excluding hydrogens is 296 g/mol. The fourth-order valence-electron chi connectivity index (χ4n) is 2.53. The number of Topliss-reactive ketones (excluding diaryl/α,β-unsaturated/α-hetero) is 2. The van der Waals surface area contributed by atoms with E-state index in [0.717, 1.165) is 50.4 Å². The third-order valence-corrected chi connectivity index (χ3v) is 3.75. The van der Waals surface area contributed by atoms with Gasteiger partial charge in [0.2, 0.25) is 0 Å². The average Bonchev–Trinajstić information content (AvgIpc) is 2.36. The Bertz CT molecular complexity index is 282. The molecule has 144 valence electrons. The SMILES string of the molecule is CC(C)CCCC(=O)CC(C)C.CC(C)CCCC(=O)CC(C)C. The van der Waals surface area contributed by atoms with E-state index in [9.17, 15) is 9.59 Å². The monoisotopic (exact) mass is 340 g/mol. The summed E-state index contributed by atoms with van der Waals surface area (Å²) in [5, 5.41) is 0. The highest BCUT2D eigenvalue weighted by molar-refractivity contribution is 5.78. The van der Waals surface area contributed by atoms with Crippen molar-refractivity contribution in [2.75, 3.05) is 0 Å². The predicted octanol–water partition coefficient (Wildman–Crippen LogP) is 6.86. The summed E-state index contributed by atoms with van der Waals surface area (Å²) < 4.78 is 0. The van der Waals surface area contributed by atoms with Crippen molar-refractivity contribution in [1.82, 2.24) is 0 Å². The van der Waals surface area contributed by atoms with Crippen molar-refractivity contribution in [3.05, 3.63) is 0 Å². The molecule has 24 heavy (non-hydrogen) atoms. The quantitative estimate of drug-likeness (QED) is 0.389. The molecule has 0 saturated heterocycles. The van der Waals surface area contributed by atoms with E-state index in [1.54, 1.807) is 0 Å². The molecule has 0 aromatic carbocycles. The zero-order valence-corrected chi connectivity index (χ0v) is 17.8. The van der Waals surface area contributed by atoms with Crippen LogP contribution in [0.4, 0.5) is 0 Å². The molecule has 0 rings (SSSR count). The van der Waals surface area contributed by atoms with Crippen molar-refractivity contribution in [2.45, 2.75) is 107 Å². The summed E-state index contributed by atoms with van der Waals surface area (Å²) in [7, 11) is 0. The van der Waals surface area contributed by atoms with Gasteiger partial charge in [0.25, 0.3) is 0 Å². The van der Waals surface area contributed by atoms with Crippen molar-refractivity contribution < 1.29 is 9.59 Å². The highest BCUT2D eigenvalue weighted by Crippen LogP contribution is 2.10. The van der Waals surface area contributed by atoms with Gasteiger partial charge in [-0.1, -0.05) is 68.2 Å². The molecule has 0 aromatic rings. The lowest BCUT2D eigenvalue weighted by atomic mass is 10.0. The maximum atomic E-state index is 11.2. The molecule has 0 aliphatic carbocycles. The van der Waals surface area contributed by atoms with Gasteiger partial charge in [0.05, 0.1) is 0 Å². The second-order valence-corrected chi connectivity index (χ2v) is 8.85. The normalized spacial score (nSPS) is 11.2. The molecule has 0 atom stereocenters. The minimum Gasteiger partial charge on any atom is -0.300 e. The lowest BCUT2D eigenvalue weighted by Gasteiger charge is -2.05. The minimum absolute atomic E-state index is 0.436. The zero-order valence-electron chi connectivity index (χ0n) is 17.8. The molecule has 0 N–H and O–H groups in total. The molecule has 0 spiro atoms. The summed E-state index contributed by atoms with van der Waals surface area (Å²) in [5.74, 6) is 3.39. The largest absolute Gasteiger partial charge is 0.300 e. The molecule has 2 nitrogen and oxygen atoms in total. The van der Waals surface area contributed by atoms with Crippen molar-refractivity contribution in [3.8, 4) is 0 Å². The predicted molar refractivity (Wildman–Crippen MR) is 106 cm³/mol. The number of hydrogen-bond donors (Lipinski definition) is 0. The molecule has 2 heteroatoms. The van der Waals surface area contributed by atoms with E-state index in [2.05, 4.69) is 55.4 Å². The first-order valence-electron chi connectivity index (χ1n) is 10.1. The maximum Gasteiger partial charge on any atom is 0.133 e. The number of carbonyl (C=O) groups excluding carboxylic acids is 2.